The second kappa shape index (κ2) is 7.71. The van der Waals surface area contributed by atoms with Crippen molar-refractivity contribution in [3.63, 3.8) is 0 Å². The number of benzene rings is 2. The second-order valence-corrected chi connectivity index (χ2v) is 8.89. The van der Waals surface area contributed by atoms with Crippen LogP contribution >= 0.6 is 12.2 Å². The highest BCUT2D eigenvalue weighted by molar-refractivity contribution is 7.80. The van der Waals surface area contributed by atoms with Crippen LogP contribution in [0, 0.1) is 18.3 Å². The summed E-state index contributed by atoms with van der Waals surface area (Å²) in [6.45, 7) is 7.82. The summed E-state index contributed by atoms with van der Waals surface area (Å²) >= 11 is 5.48. The zero-order chi connectivity index (χ0) is 20.6. The van der Waals surface area contributed by atoms with Gasteiger partial charge in [0.15, 0.2) is 5.11 Å². The van der Waals surface area contributed by atoms with Gasteiger partial charge in [0, 0.05) is 23.1 Å². The number of H-pyrrole nitrogens is 1. The molecule has 0 radical (unpaired) electrons. The molecular weight excluding hydrogens is 378 g/mol. The third-order valence-electron chi connectivity index (χ3n) is 6.40. The van der Waals surface area contributed by atoms with Gasteiger partial charge in [0.1, 0.15) is 5.75 Å². The number of ether oxygens (including phenoxy) is 1. The van der Waals surface area contributed by atoms with Crippen molar-refractivity contribution < 1.29 is 4.74 Å². The predicted molar refractivity (Wildman–Crippen MR) is 125 cm³/mol. The van der Waals surface area contributed by atoms with E-state index < -0.39 is 0 Å². The number of hydrogen-bond donors (Lipinski definition) is 3. The van der Waals surface area contributed by atoms with Crippen LogP contribution in [0.4, 0.5) is 5.69 Å². The van der Waals surface area contributed by atoms with Crippen molar-refractivity contribution in [2.45, 2.75) is 33.1 Å². The highest BCUT2D eigenvalue weighted by atomic mass is 32.1. The summed E-state index contributed by atoms with van der Waals surface area (Å²) in [5.74, 6) is 2.01. The molecule has 0 aliphatic heterocycles. The molecular formula is C24H29N3OS. The van der Waals surface area contributed by atoms with Crippen LogP contribution in [0.15, 0.2) is 48.5 Å². The van der Waals surface area contributed by atoms with Gasteiger partial charge < -0.3 is 20.4 Å². The molecule has 2 aromatic carbocycles. The molecule has 0 bridgehead atoms. The van der Waals surface area contributed by atoms with Crippen molar-refractivity contribution >= 4 is 33.9 Å². The summed E-state index contributed by atoms with van der Waals surface area (Å²) in [6.07, 6.45) is 1.09. The number of methoxy groups -OCH3 is 1. The van der Waals surface area contributed by atoms with Gasteiger partial charge in [-0.3, -0.25) is 0 Å². The number of para-hydroxylation sites is 3. The lowest BCUT2D eigenvalue weighted by atomic mass is 10.0. The molecule has 1 aliphatic rings. The lowest BCUT2D eigenvalue weighted by molar-refractivity contribution is 0.417. The molecule has 2 unspecified atom stereocenters. The standard InChI is InChI=1S/C24H29N3OS/c1-15-21(16-9-5-6-10-18(16)26-15)22-17(24(22,2)3)13-14-25-23(29)27-19-11-7-8-12-20(19)28-4/h5-12,17,22,26H,13-14H2,1-4H3,(H2,25,27,29). The largest absolute Gasteiger partial charge is 0.495 e. The fourth-order valence-corrected chi connectivity index (χ4v) is 5.02. The van der Waals surface area contributed by atoms with E-state index in [1.165, 1.54) is 22.2 Å². The number of hydrogen-bond acceptors (Lipinski definition) is 2. The van der Waals surface area contributed by atoms with Crippen LogP contribution in [-0.4, -0.2) is 23.8 Å². The van der Waals surface area contributed by atoms with Gasteiger partial charge in [-0.05, 0) is 66.6 Å². The van der Waals surface area contributed by atoms with Crippen LogP contribution < -0.4 is 15.4 Å². The Kier molecular flexibility index (Phi) is 5.26. The minimum Gasteiger partial charge on any atom is -0.495 e. The molecule has 1 saturated carbocycles. The van der Waals surface area contributed by atoms with E-state index in [-0.39, 0.29) is 0 Å². The van der Waals surface area contributed by atoms with Crippen LogP contribution in [0.2, 0.25) is 0 Å². The Morgan fingerprint density at radius 3 is 2.66 bits per heavy atom. The topological polar surface area (TPSA) is 49.1 Å². The van der Waals surface area contributed by atoms with Crippen molar-refractivity contribution in [2.24, 2.45) is 11.3 Å². The molecule has 152 valence electrons. The summed E-state index contributed by atoms with van der Waals surface area (Å²) in [4.78, 5) is 3.56. The first-order valence-corrected chi connectivity index (χ1v) is 10.6. The quantitative estimate of drug-likeness (QED) is 0.466. The number of aryl methyl sites for hydroxylation is 1. The maximum atomic E-state index is 5.48. The van der Waals surface area contributed by atoms with Crippen LogP contribution in [0.1, 0.15) is 37.4 Å². The Labute approximate surface area is 178 Å². The molecule has 29 heavy (non-hydrogen) atoms. The average Bonchev–Trinajstić information content (AvgIpc) is 3.06. The third-order valence-corrected chi connectivity index (χ3v) is 6.65. The van der Waals surface area contributed by atoms with Crippen molar-refractivity contribution in [3.8, 4) is 5.75 Å². The minimum atomic E-state index is 0.301. The molecule has 3 N–H and O–H groups in total. The van der Waals surface area contributed by atoms with E-state index >= 15 is 0 Å². The normalized spacial score (nSPS) is 19.7. The summed E-state index contributed by atoms with van der Waals surface area (Å²) in [5, 5.41) is 8.60. The van der Waals surface area contributed by atoms with Crippen LogP contribution in [0.25, 0.3) is 10.9 Å². The number of thiocarbonyl (C=S) groups is 1. The van der Waals surface area contributed by atoms with Gasteiger partial charge in [-0.25, -0.2) is 0 Å². The van der Waals surface area contributed by atoms with E-state index in [1.54, 1.807) is 7.11 Å². The number of rotatable bonds is 6. The smallest absolute Gasteiger partial charge is 0.170 e. The molecule has 1 fully saturated rings. The number of nitrogens with one attached hydrogen (secondary N) is 3. The number of anilines is 1. The van der Waals surface area contributed by atoms with E-state index in [2.05, 4.69) is 60.7 Å². The third kappa shape index (κ3) is 3.71. The molecule has 4 nitrogen and oxygen atoms in total. The summed E-state index contributed by atoms with van der Waals surface area (Å²) < 4.78 is 5.38. The minimum absolute atomic E-state index is 0.301. The van der Waals surface area contributed by atoms with Crippen molar-refractivity contribution in [1.29, 1.82) is 0 Å². The Balaban J connectivity index is 1.38. The van der Waals surface area contributed by atoms with Gasteiger partial charge in [0.2, 0.25) is 0 Å². The summed E-state index contributed by atoms with van der Waals surface area (Å²) in [7, 11) is 1.67. The van der Waals surface area contributed by atoms with Gasteiger partial charge in [0.05, 0.1) is 12.8 Å². The van der Waals surface area contributed by atoms with Gasteiger partial charge in [-0.1, -0.05) is 44.2 Å². The predicted octanol–water partition coefficient (Wildman–Crippen LogP) is 5.60. The molecule has 3 aromatic rings. The zero-order valence-corrected chi connectivity index (χ0v) is 18.3. The molecule has 5 heteroatoms. The second-order valence-electron chi connectivity index (χ2n) is 8.48. The van der Waals surface area contributed by atoms with Gasteiger partial charge in [-0.2, -0.15) is 0 Å². The van der Waals surface area contributed by atoms with E-state index in [9.17, 15) is 0 Å². The van der Waals surface area contributed by atoms with Crippen LogP contribution in [0.5, 0.6) is 5.75 Å². The lowest BCUT2D eigenvalue weighted by Crippen LogP contribution is -2.29. The van der Waals surface area contributed by atoms with E-state index in [4.69, 9.17) is 17.0 Å². The first-order valence-electron chi connectivity index (χ1n) is 10.2. The fourth-order valence-electron chi connectivity index (χ4n) is 4.81. The maximum Gasteiger partial charge on any atom is 0.170 e. The van der Waals surface area contributed by atoms with E-state index in [0.717, 1.165) is 24.4 Å². The van der Waals surface area contributed by atoms with Crippen LogP contribution in [-0.2, 0) is 0 Å². The highest BCUT2D eigenvalue weighted by Gasteiger charge is 2.58. The molecule has 0 saturated heterocycles. The highest BCUT2D eigenvalue weighted by Crippen LogP contribution is 2.67. The average molecular weight is 408 g/mol. The van der Waals surface area contributed by atoms with Crippen molar-refractivity contribution in [1.82, 2.24) is 10.3 Å². The fraction of sp³-hybridized carbons (Fsp3) is 0.375. The Morgan fingerprint density at radius 1 is 1.14 bits per heavy atom. The Morgan fingerprint density at radius 2 is 1.86 bits per heavy atom. The Bertz CT molecular complexity index is 1040. The molecule has 1 heterocycles. The summed E-state index contributed by atoms with van der Waals surface area (Å²) in [6, 6.07) is 16.4. The molecule has 0 spiro atoms. The van der Waals surface area contributed by atoms with E-state index in [0.29, 0.717) is 22.4 Å². The van der Waals surface area contributed by atoms with Gasteiger partial charge >= 0.3 is 0 Å². The van der Waals surface area contributed by atoms with Gasteiger partial charge in [0.25, 0.3) is 0 Å². The molecule has 1 aliphatic carbocycles. The number of aromatic amines is 1. The monoisotopic (exact) mass is 407 g/mol. The SMILES string of the molecule is COc1ccccc1NC(=S)NCCC1C(c2c(C)[nH]c3ccccc23)C1(C)C. The molecule has 2 atom stereocenters. The van der Waals surface area contributed by atoms with Gasteiger partial charge in [-0.15, -0.1) is 0 Å². The first kappa shape index (κ1) is 19.8. The first-order chi connectivity index (χ1) is 13.9. The molecule has 1 aromatic heterocycles. The number of aromatic nitrogens is 1. The molecule has 4 rings (SSSR count). The van der Waals surface area contributed by atoms with Crippen molar-refractivity contribution in [3.05, 3.63) is 59.8 Å². The number of fused-ring (bicyclic) bond motifs is 1. The van der Waals surface area contributed by atoms with Crippen LogP contribution in [0.3, 0.4) is 0 Å². The van der Waals surface area contributed by atoms with E-state index in [1.807, 2.05) is 24.3 Å². The summed E-state index contributed by atoms with van der Waals surface area (Å²) in [5.41, 5.74) is 5.21. The lowest BCUT2D eigenvalue weighted by Gasteiger charge is -2.13. The zero-order valence-electron chi connectivity index (χ0n) is 17.5. The Hall–Kier alpha value is -2.53. The molecule has 0 amide bonds. The van der Waals surface area contributed by atoms with Crippen molar-refractivity contribution in [2.75, 3.05) is 19.0 Å². The maximum absolute atomic E-state index is 5.48.